The second kappa shape index (κ2) is 4.51. The topological polar surface area (TPSA) is 27.7 Å². The average Bonchev–Trinajstić information content (AvgIpc) is 2.83. The summed E-state index contributed by atoms with van der Waals surface area (Å²) in [5, 5.41) is 0. The minimum Gasteiger partial charge on any atom is -0.497 e. The molecule has 1 aromatic carbocycles. The van der Waals surface area contributed by atoms with Crippen molar-refractivity contribution in [1.82, 2.24) is 0 Å². The van der Waals surface area contributed by atoms with Crippen molar-refractivity contribution in [2.45, 2.75) is 52.2 Å². The predicted molar refractivity (Wildman–Crippen MR) is 87.5 cm³/mol. The molecule has 1 aliphatic heterocycles. The first-order valence-corrected chi connectivity index (χ1v) is 8.34. The molecule has 0 spiro atoms. The van der Waals surface area contributed by atoms with E-state index in [9.17, 15) is 0 Å². The van der Waals surface area contributed by atoms with Crippen molar-refractivity contribution in [3.8, 4) is 5.75 Å². The normalized spacial score (nSPS) is 38.4. The van der Waals surface area contributed by atoms with Gasteiger partial charge in [-0.15, -0.1) is 0 Å². The first kappa shape index (κ1) is 14.6. The van der Waals surface area contributed by atoms with Gasteiger partial charge in [0.1, 0.15) is 5.75 Å². The maximum Gasteiger partial charge on any atom is 0.494 e. The lowest BCUT2D eigenvalue weighted by Gasteiger charge is -2.64. The zero-order chi connectivity index (χ0) is 15.7. The number of aryl methyl sites for hydroxylation is 1. The molecule has 0 amide bonds. The Morgan fingerprint density at radius 1 is 1.23 bits per heavy atom. The Bertz CT molecular complexity index is 614. The van der Waals surface area contributed by atoms with Crippen LogP contribution in [0.3, 0.4) is 0 Å². The average molecular weight is 300 g/mol. The quantitative estimate of drug-likeness (QED) is 0.786. The summed E-state index contributed by atoms with van der Waals surface area (Å²) in [5.41, 5.74) is 2.54. The molecule has 0 aromatic heterocycles. The SMILES string of the molecule is COc1ccc(B2OC3CC4CC(C4(C)C)C3(C)O2)c(C)c1. The van der Waals surface area contributed by atoms with Crippen molar-refractivity contribution in [3.05, 3.63) is 23.8 Å². The van der Waals surface area contributed by atoms with Crippen LogP contribution in [0.25, 0.3) is 0 Å². The van der Waals surface area contributed by atoms with E-state index < -0.39 is 0 Å². The molecule has 118 valence electrons. The van der Waals surface area contributed by atoms with Crippen molar-refractivity contribution in [3.63, 3.8) is 0 Å². The summed E-state index contributed by atoms with van der Waals surface area (Å²) >= 11 is 0. The summed E-state index contributed by atoms with van der Waals surface area (Å²) in [6.07, 6.45) is 2.65. The van der Waals surface area contributed by atoms with Crippen LogP contribution in [0.15, 0.2) is 18.2 Å². The second-order valence-electron chi connectivity index (χ2n) is 8.02. The summed E-state index contributed by atoms with van der Waals surface area (Å²) in [6.45, 7) is 9.14. The van der Waals surface area contributed by atoms with Gasteiger partial charge in [0.2, 0.25) is 0 Å². The van der Waals surface area contributed by atoms with Crippen molar-refractivity contribution >= 4 is 12.6 Å². The van der Waals surface area contributed by atoms with Gasteiger partial charge in [-0.3, -0.25) is 0 Å². The van der Waals surface area contributed by atoms with Crippen LogP contribution in [0.5, 0.6) is 5.75 Å². The Labute approximate surface area is 133 Å². The number of ether oxygens (including phenoxy) is 1. The Morgan fingerprint density at radius 3 is 2.64 bits per heavy atom. The van der Waals surface area contributed by atoms with Gasteiger partial charge in [0.25, 0.3) is 0 Å². The van der Waals surface area contributed by atoms with Gasteiger partial charge in [-0.2, -0.15) is 0 Å². The standard InChI is InChI=1S/C18H25BO3/c1-11-8-13(20-5)6-7-14(11)19-21-16-10-12-9-15(17(12,2)3)18(16,4)22-19/h6-8,12,15-16H,9-10H2,1-5H3. The second-order valence-corrected chi connectivity index (χ2v) is 8.02. The highest BCUT2D eigenvalue weighted by Crippen LogP contribution is 2.65. The Hall–Kier alpha value is -0.995. The van der Waals surface area contributed by atoms with E-state index in [4.69, 9.17) is 14.0 Å². The molecule has 5 rings (SSSR count). The maximum atomic E-state index is 6.52. The lowest BCUT2D eigenvalue weighted by molar-refractivity contribution is -0.199. The summed E-state index contributed by atoms with van der Waals surface area (Å²) in [7, 11) is 1.46. The van der Waals surface area contributed by atoms with Gasteiger partial charge >= 0.3 is 7.12 Å². The van der Waals surface area contributed by atoms with Crippen LogP contribution in [0.2, 0.25) is 0 Å². The van der Waals surface area contributed by atoms with Crippen LogP contribution >= 0.6 is 0 Å². The van der Waals surface area contributed by atoms with Gasteiger partial charge in [-0.05, 0) is 67.1 Å². The Balaban J connectivity index is 1.63. The first-order chi connectivity index (χ1) is 10.4. The minimum atomic E-state index is -0.240. The molecule has 3 nitrogen and oxygen atoms in total. The summed E-state index contributed by atoms with van der Waals surface area (Å²) in [5.74, 6) is 2.27. The predicted octanol–water partition coefficient (Wildman–Crippen LogP) is 2.94. The number of hydrogen-bond donors (Lipinski definition) is 0. The molecule has 4 atom stereocenters. The van der Waals surface area contributed by atoms with E-state index in [0.717, 1.165) is 23.6 Å². The fourth-order valence-corrected chi connectivity index (χ4v) is 5.04. The van der Waals surface area contributed by atoms with Gasteiger partial charge in [-0.1, -0.05) is 19.9 Å². The lowest BCUT2D eigenvalue weighted by Crippen LogP contribution is -2.65. The highest BCUT2D eigenvalue weighted by molar-refractivity contribution is 6.62. The third kappa shape index (κ3) is 1.77. The third-order valence-electron chi connectivity index (χ3n) is 6.68. The molecular formula is C18H25BO3. The molecule has 4 aliphatic rings. The molecule has 0 radical (unpaired) electrons. The maximum absolute atomic E-state index is 6.52. The first-order valence-electron chi connectivity index (χ1n) is 8.34. The van der Waals surface area contributed by atoms with E-state index in [0.29, 0.717) is 11.3 Å². The minimum absolute atomic E-state index is 0.144. The molecule has 4 heteroatoms. The lowest BCUT2D eigenvalue weighted by atomic mass is 9.43. The summed E-state index contributed by atoms with van der Waals surface area (Å²) < 4.78 is 18.2. The van der Waals surface area contributed by atoms with Crippen LogP contribution < -0.4 is 10.2 Å². The van der Waals surface area contributed by atoms with Gasteiger partial charge in [-0.25, -0.2) is 0 Å². The largest absolute Gasteiger partial charge is 0.497 e. The van der Waals surface area contributed by atoms with E-state index in [-0.39, 0.29) is 18.8 Å². The molecular weight excluding hydrogens is 275 g/mol. The van der Waals surface area contributed by atoms with Gasteiger partial charge in [0.15, 0.2) is 0 Å². The fraction of sp³-hybridized carbons (Fsp3) is 0.667. The van der Waals surface area contributed by atoms with Gasteiger partial charge in [0, 0.05) is 0 Å². The highest BCUT2D eigenvalue weighted by atomic mass is 16.7. The van der Waals surface area contributed by atoms with Crippen molar-refractivity contribution in [1.29, 1.82) is 0 Å². The van der Waals surface area contributed by atoms with Crippen LogP contribution in [0, 0.1) is 24.2 Å². The van der Waals surface area contributed by atoms with Crippen LogP contribution in [-0.4, -0.2) is 25.9 Å². The smallest absolute Gasteiger partial charge is 0.494 e. The molecule has 0 N–H and O–H groups in total. The molecule has 2 bridgehead atoms. The monoisotopic (exact) mass is 300 g/mol. The highest BCUT2D eigenvalue weighted by Gasteiger charge is 2.68. The zero-order valence-electron chi connectivity index (χ0n) is 14.2. The molecule has 1 heterocycles. The third-order valence-corrected chi connectivity index (χ3v) is 6.68. The molecule has 3 aliphatic carbocycles. The molecule has 4 unspecified atom stereocenters. The molecule has 1 saturated heterocycles. The number of methoxy groups -OCH3 is 1. The van der Waals surface area contributed by atoms with Gasteiger partial charge in [0.05, 0.1) is 18.8 Å². The zero-order valence-corrected chi connectivity index (χ0v) is 14.2. The molecule has 1 aromatic rings. The van der Waals surface area contributed by atoms with E-state index in [1.165, 1.54) is 12.0 Å². The number of benzene rings is 1. The van der Waals surface area contributed by atoms with Crippen molar-refractivity contribution in [2.75, 3.05) is 7.11 Å². The van der Waals surface area contributed by atoms with Gasteiger partial charge < -0.3 is 14.0 Å². The Kier molecular flexibility index (Phi) is 2.99. The van der Waals surface area contributed by atoms with Crippen LogP contribution in [0.4, 0.5) is 0 Å². The van der Waals surface area contributed by atoms with Crippen molar-refractivity contribution < 1.29 is 14.0 Å². The molecule has 22 heavy (non-hydrogen) atoms. The molecule has 4 fully saturated rings. The van der Waals surface area contributed by atoms with E-state index in [1.54, 1.807) is 7.11 Å². The van der Waals surface area contributed by atoms with E-state index in [2.05, 4.69) is 39.8 Å². The fourth-order valence-electron chi connectivity index (χ4n) is 5.04. The van der Waals surface area contributed by atoms with Crippen LogP contribution in [0.1, 0.15) is 39.2 Å². The Morgan fingerprint density at radius 2 is 2.00 bits per heavy atom. The van der Waals surface area contributed by atoms with Crippen LogP contribution in [-0.2, 0) is 9.31 Å². The molecule has 3 saturated carbocycles. The van der Waals surface area contributed by atoms with E-state index >= 15 is 0 Å². The number of hydrogen-bond acceptors (Lipinski definition) is 3. The summed E-state index contributed by atoms with van der Waals surface area (Å²) in [6, 6.07) is 6.12. The number of rotatable bonds is 2. The summed E-state index contributed by atoms with van der Waals surface area (Å²) in [4.78, 5) is 0. The van der Waals surface area contributed by atoms with Crippen molar-refractivity contribution in [2.24, 2.45) is 17.3 Å². The van der Waals surface area contributed by atoms with E-state index in [1.807, 2.05) is 6.07 Å².